The average molecular weight is 255 g/mol. The van der Waals surface area contributed by atoms with Crippen LogP contribution >= 0.6 is 0 Å². The van der Waals surface area contributed by atoms with Crippen molar-refractivity contribution in [2.75, 3.05) is 72.5 Å². The van der Waals surface area contributed by atoms with Gasteiger partial charge in [0.25, 0.3) is 0 Å². The summed E-state index contributed by atoms with van der Waals surface area (Å²) in [5.74, 6) is 0. The number of likely N-dealkylation sites (N-methyl/N-ethyl adjacent to an activating group) is 1. The van der Waals surface area contributed by atoms with E-state index in [-0.39, 0.29) is 0 Å². The highest BCUT2D eigenvalue weighted by molar-refractivity contribution is 5.53. The molecule has 0 unspecified atom stereocenters. The normalized spacial score (nSPS) is 18.8. The minimum Gasteiger partial charge on any atom is -0.314 e. The molecule has 18 heavy (non-hydrogen) atoms. The molecule has 1 aliphatic heterocycles. The lowest BCUT2D eigenvalue weighted by Gasteiger charge is -2.32. The predicted octanol–water partition coefficient (Wildman–Crippen LogP) is -0.496. The summed E-state index contributed by atoms with van der Waals surface area (Å²) < 4.78 is 0. The highest BCUT2D eigenvalue weighted by atomic mass is 15.2. The maximum absolute atomic E-state index is 4.15. The summed E-state index contributed by atoms with van der Waals surface area (Å²) >= 11 is 0. The number of aliphatic imine (C=N–C) groups is 1. The van der Waals surface area contributed by atoms with Crippen molar-refractivity contribution in [3.05, 3.63) is 0 Å². The van der Waals surface area contributed by atoms with Gasteiger partial charge in [0.1, 0.15) is 0 Å². The monoisotopic (exact) mass is 255 g/mol. The lowest BCUT2D eigenvalue weighted by atomic mass is 10.3. The van der Waals surface area contributed by atoms with Crippen molar-refractivity contribution in [2.45, 2.75) is 6.92 Å². The van der Waals surface area contributed by atoms with Gasteiger partial charge in [-0.3, -0.25) is 9.89 Å². The summed E-state index contributed by atoms with van der Waals surface area (Å²) in [6.45, 7) is 13.0. The van der Waals surface area contributed by atoms with Crippen LogP contribution in [0.4, 0.5) is 0 Å². The van der Waals surface area contributed by atoms with E-state index < -0.39 is 0 Å². The van der Waals surface area contributed by atoms with Crippen molar-refractivity contribution >= 4 is 6.21 Å². The van der Waals surface area contributed by atoms with Crippen molar-refractivity contribution in [3.8, 4) is 0 Å². The van der Waals surface area contributed by atoms with Crippen LogP contribution in [-0.4, -0.2) is 88.5 Å². The molecular weight excluding hydrogens is 226 g/mol. The molecule has 5 nitrogen and oxygen atoms in total. The van der Waals surface area contributed by atoms with E-state index in [0.29, 0.717) is 0 Å². The zero-order valence-corrected chi connectivity index (χ0v) is 12.0. The lowest BCUT2D eigenvalue weighted by molar-refractivity contribution is 0.155. The molecule has 2 N–H and O–H groups in total. The first-order valence-electron chi connectivity index (χ1n) is 7.09. The van der Waals surface area contributed by atoms with Gasteiger partial charge in [0, 0.05) is 58.9 Å². The molecule has 0 aromatic heterocycles. The Kier molecular flexibility index (Phi) is 9.02. The second-order valence-corrected chi connectivity index (χ2v) is 4.81. The number of hydrogen-bond acceptors (Lipinski definition) is 5. The Labute approximate surface area is 112 Å². The molecule has 0 spiro atoms. The molecule has 0 aromatic carbocycles. The summed E-state index contributed by atoms with van der Waals surface area (Å²) in [5, 5.41) is 6.85. The second kappa shape index (κ2) is 10.4. The molecule has 1 rings (SSSR count). The third kappa shape index (κ3) is 7.76. The molecule has 1 saturated heterocycles. The highest BCUT2D eigenvalue weighted by Gasteiger charge is 2.12. The van der Waals surface area contributed by atoms with Gasteiger partial charge in [-0.1, -0.05) is 0 Å². The van der Waals surface area contributed by atoms with Gasteiger partial charge in [0.2, 0.25) is 0 Å². The van der Waals surface area contributed by atoms with Crippen LogP contribution in [0.2, 0.25) is 0 Å². The van der Waals surface area contributed by atoms with Gasteiger partial charge < -0.3 is 15.5 Å². The van der Waals surface area contributed by atoms with Gasteiger partial charge in [0.15, 0.2) is 0 Å². The number of nitrogens with zero attached hydrogens (tertiary/aromatic N) is 3. The van der Waals surface area contributed by atoms with Crippen molar-refractivity contribution in [2.24, 2.45) is 4.99 Å². The molecule has 0 bridgehead atoms. The van der Waals surface area contributed by atoms with Crippen molar-refractivity contribution in [1.82, 2.24) is 20.4 Å². The quantitative estimate of drug-likeness (QED) is 0.431. The summed E-state index contributed by atoms with van der Waals surface area (Å²) in [4.78, 5) is 9.09. The maximum Gasteiger partial charge on any atom is 0.0510 e. The fraction of sp³-hybridized carbons (Fsp3) is 0.923. The molecule has 5 heteroatoms. The first-order chi connectivity index (χ1) is 8.83. The first kappa shape index (κ1) is 15.6. The third-order valence-corrected chi connectivity index (χ3v) is 3.28. The van der Waals surface area contributed by atoms with Crippen LogP contribution in [0.1, 0.15) is 6.92 Å². The molecule has 106 valence electrons. The van der Waals surface area contributed by atoms with Crippen LogP contribution in [0.5, 0.6) is 0 Å². The molecule has 1 heterocycles. The minimum absolute atomic E-state index is 0.887. The van der Waals surface area contributed by atoms with Gasteiger partial charge in [0.05, 0.1) is 6.54 Å². The first-order valence-corrected chi connectivity index (χ1v) is 7.09. The smallest absolute Gasteiger partial charge is 0.0510 e. The zero-order chi connectivity index (χ0) is 13.1. The molecule has 0 saturated carbocycles. The van der Waals surface area contributed by atoms with E-state index in [1.807, 2.05) is 13.1 Å². The van der Waals surface area contributed by atoms with Gasteiger partial charge >= 0.3 is 0 Å². The van der Waals surface area contributed by atoms with Crippen LogP contribution in [0.15, 0.2) is 4.99 Å². The molecule has 0 aromatic rings. The van der Waals surface area contributed by atoms with E-state index in [2.05, 4.69) is 32.5 Å². The molecule has 0 amide bonds. The van der Waals surface area contributed by atoms with Crippen LogP contribution in [0, 0.1) is 0 Å². The van der Waals surface area contributed by atoms with E-state index in [0.717, 1.165) is 32.7 Å². The van der Waals surface area contributed by atoms with E-state index in [1.54, 1.807) is 0 Å². The molecule has 1 aliphatic rings. The third-order valence-electron chi connectivity index (χ3n) is 3.28. The van der Waals surface area contributed by atoms with Crippen molar-refractivity contribution in [1.29, 1.82) is 0 Å². The Morgan fingerprint density at radius 1 is 1.00 bits per heavy atom. The Hall–Kier alpha value is -0.490. The summed E-state index contributed by atoms with van der Waals surface area (Å²) in [5.41, 5.74) is 0. The second-order valence-electron chi connectivity index (χ2n) is 4.81. The number of rotatable bonds is 9. The standard InChI is InChI=1S/C13H29N5/c1-3-14-4-5-15-6-7-16-8-9-18-12-10-17(2)11-13-18/h3,15-16H,4-13H2,1-2H3. The Bertz CT molecular complexity index is 211. The summed E-state index contributed by atoms with van der Waals surface area (Å²) in [6, 6.07) is 0. The Balaban J connectivity index is 1.81. The maximum atomic E-state index is 4.15. The molecular formula is C13H29N5. The Morgan fingerprint density at radius 2 is 1.67 bits per heavy atom. The van der Waals surface area contributed by atoms with Gasteiger partial charge in [-0.15, -0.1) is 0 Å². The van der Waals surface area contributed by atoms with E-state index >= 15 is 0 Å². The van der Waals surface area contributed by atoms with E-state index in [1.165, 1.54) is 32.7 Å². The SMILES string of the molecule is CC=NCCNCCNCCN1CCN(C)CC1. The van der Waals surface area contributed by atoms with Crippen LogP contribution in [0.3, 0.4) is 0 Å². The van der Waals surface area contributed by atoms with E-state index in [4.69, 9.17) is 0 Å². The van der Waals surface area contributed by atoms with Crippen LogP contribution in [0.25, 0.3) is 0 Å². The van der Waals surface area contributed by atoms with Gasteiger partial charge in [-0.2, -0.15) is 0 Å². The number of hydrogen-bond donors (Lipinski definition) is 2. The lowest BCUT2D eigenvalue weighted by Crippen LogP contribution is -2.46. The highest BCUT2D eigenvalue weighted by Crippen LogP contribution is 1.97. The van der Waals surface area contributed by atoms with Gasteiger partial charge in [-0.25, -0.2) is 0 Å². The van der Waals surface area contributed by atoms with Crippen molar-refractivity contribution < 1.29 is 0 Å². The molecule has 0 aliphatic carbocycles. The van der Waals surface area contributed by atoms with Gasteiger partial charge in [-0.05, 0) is 20.2 Å². The predicted molar refractivity (Wildman–Crippen MR) is 78.7 cm³/mol. The summed E-state index contributed by atoms with van der Waals surface area (Å²) in [7, 11) is 2.20. The fourth-order valence-corrected chi connectivity index (χ4v) is 2.01. The topological polar surface area (TPSA) is 42.9 Å². The molecule has 1 fully saturated rings. The average Bonchev–Trinajstić information content (AvgIpc) is 2.39. The Morgan fingerprint density at radius 3 is 2.33 bits per heavy atom. The minimum atomic E-state index is 0.887. The van der Waals surface area contributed by atoms with Crippen molar-refractivity contribution in [3.63, 3.8) is 0 Å². The van der Waals surface area contributed by atoms with Crippen LogP contribution < -0.4 is 10.6 Å². The number of piperazine rings is 1. The summed E-state index contributed by atoms with van der Waals surface area (Å²) in [6.07, 6.45) is 1.86. The fourth-order valence-electron chi connectivity index (χ4n) is 2.01. The number of nitrogens with one attached hydrogen (secondary N) is 2. The van der Waals surface area contributed by atoms with Crippen LogP contribution in [-0.2, 0) is 0 Å². The largest absolute Gasteiger partial charge is 0.314 e. The van der Waals surface area contributed by atoms with E-state index in [9.17, 15) is 0 Å². The molecule has 0 atom stereocenters. The zero-order valence-electron chi connectivity index (χ0n) is 12.0. The molecule has 0 radical (unpaired) electrons.